The summed E-state index contributed by atoms with van der Waals surface area (Å²) in [5, 5.41) is 8.69. The van der Waals surface area contributed by atoms with Crippen LogP contribution in [0.25, 0.3) is 22.2 Å². The Labute approximate surface area is 185 Å². The van der Waals surface area contributed by atoms with E-state index in [0.717, 1.165) is 11.3 Å². The number of nitrogens with two attached hydrogens (primary N) is 1. The lowest BCUT2D eigenvalue weighted by atomic mass is 10.0. The van der Waals surface area contributed by atoms with Gasteiger partial charge < -0.3 is 10.1 Å². The maximum Gasteiger partial charge on any atom is 0.256 e. The Morgan fingerprint density at radius 2 is 1.75 bits per heavy atom. The molecule has 8 heteroatoms. The first-order valence-corrected chi connectivity index (χ1v) is 11.5. The summed E-state index contributed by atoms with van der Waals surface area (Å²) in [7, 11) is -2.07. The summed E-state index contributed by atoms with van der Waals surface area (Å²) < 4.78 is 28.0. The van der Waals surface area contributed by atoms with Crippen molar-refractivity contribution in [1.29, 1.82) is 0 Å². The van der Waals surface area contributed by atoms with Gasteiger partial charge in [0, 0.05) is 16.6 Å². The fourth-order valence-corrected chi connectivity index (χ4v) is 4.09. The van der Waals surface area contributed by atoms with Crippen LogP contribution in [-0.4, -0.2) is 26.4 Å². The molecule has 4 rings (SSSR count). The zero-order valence-corrected chi connectivity index (χ0v) is 18.1. The van der Waals surface area contributed by atoms with Gasteiger partial charge in [0.25, 0.3) is 5.91 Å². The second-order valence-electron chi connectivity index (χ2n) is 7.26. The molecule has 0 radical (unpaired) electrons. The van der Waals surface area contributed by atoms with Crippen LogP contribution in [0.2, 0.25) is 0 Å². The maximum atomic E-state index is 13.2. The number of rotatable bonds is 6. The molecule has 32 heavy (non-hydrogen) atoms. The van der Waals surface area contributed by atoms with Crippen LogP contribution >= 0.6 is 0 Å². The van der Waals surface area contributed by atoms with E-state index in [-0.39, 0.29) is 11.7 Å². The molecule has 0 atom stereocenters. The van der Waals surface area contributed by atoms with E-state index in [2.05, 4.69) is 5.32 Å². The van der Waals surface area contributed by atoms with Gasteiger partial charge in [0.15, 0.2) is 0 Å². The van der Waals surface area contributed by atoms with Gasteiger partial charge >= 0.3 is 0 Å². The number of pyridine rings is 1. The van der Waals surface area contributed by atoms with E-state index < -0.39 is 10.0 Å². The molecule has 0 bridgehead atoms. The number of carbonyl (C=O) groups is 1. The monoisotopic (exact) mass is 447 g/mol. The average molecular weight is 448 g/mol. The minimum atomic E-state index is -3.67. The highest BCUT2D eigenvalue weighted by molar-refractivity contribution is 7.88. The van der Waals surface area contributed by atoms with Crippen LogP contribution in [0.15, 0.2) is 78.9 Å². The summed E-state index contributed by atoms with van der Waals surface area (Å²) in [6.07, 6.45) is 0. The number of ether oxygens (including phenoxy) is 1. The molecular weight excluding hydrogens is 426 g/mol. The third-order valence-corrected chi connectivity index (χ3v) is 5.63. The summed E-state index contributed by atoms with van der Waals surface area (Å²) in [5.74, 6) is 0.0919. The molecule has 0 aliphatic carbocycles. The van der Waals surface area contributed by atoms with Crippen molar-refractivity contribution < 1.29 is 17.9 Å². The summed E-state index contributed by atoms with van der Waals surface area (Å²) in [5.41, 5.74) is 3.61. The molecule has 0 aliphatic rings. The van der Waals surface area contributed by atoms with Crippen LogP contribution in [0.5, 0.6) is 5.75 Å². The first-order chi connectivity index (χ1) is 15.3. The lowest BCUT2D eigenvalue weighted by Gasteiger charge is -2.12. The van der Waals surface area contributed by atoms with Crippen molar-refractivity contribution in [3.8, 4) is 17.0 Å². The Morgan fingerprint density at radius 3 is 2.47 bits per heavy atom. The topological polar surface area (TPSA) is 111 Å². The summed E-state index contributed by atoms with van der Waals surface area (Å²) in [6, 6.07) is 23.2. The number of para-hydroxylation sites is 1. The number of carbonyl (C=O) groups excluding carboxylic acids is 1. The molecule has 1 aromatic heterocycles. The summed E-state index contributed by atoms with van der Waals surface area (Å²) in [6.45, 7) is 0. The van der Waals surface area contributed by atoms with Gasteiger partial charge in [0.05, 0.1) is 29.6 Å². The molecule has 0 saturated carbocycles. The predicted molar refractivity (Wildman–Crippen MR) is 125 cm³/mol. The van der Waals surface area contributed by atoms with Gasteiger partial charge in [-0.15, -0.1) is 0 Å². The average Bonchev–Trinajstić information content (AvgIpc) is 2.77. The lowest BCUT2D eigenvalue weighted by Crippen LogP contribution is -2.15. The number of hydrogen-bond acceptors (Lipinski definition) is 5. The van der Waals surface area contributed by atoms with Gasteiger partial charge in [-0.1, -0.05) is 30.3 Å². The Balaban J connectivity index is 1.71. The molecule has 0 saturated heterocycles. The first kappa shape index (κ1) is 21.5. The number of primary sulfonamides is 1. The highest BCUT2D eigenvalue weighted by Crippen LogP contribution is 2.27. The zero-order valence-electron chi connectivity index (χ0n) is 17.3. The number of methoxy groups -OCH3 is 1. The van der Waals surface area contributed by atoms with Crippen LogP contribution in [0.3, 0.4) is 0 Å². The molecule has 0 fully saturated rings. The van der Waals surface area contributed by atoms with E-state index >= 15 is 0 Å². The molecule has 0 aliphatic heterocycles. The van der Waals surface area contributed by atoms with Crippen molar-refractivity contribution in [2.75, 3.05) is 12.4 Å². The lowest BCUT2D eigenvalue weighted by molar-refractivity contribution is 0.102. The van der Waals surface area contributed by atoms with E-state index in [0.29, 0.717) is 33.4 Å². The van der Waals surface area contributed by atoms with Crippen LogP contribution in [-0.2, 0) is 15.8 Å². The van der Waals surface area contributed by atoms with Gasteiger partial charge in [-0.25, -0.2) is 18.5 Å². The van der Waals surface area contributed by atoms with Crippen LogP contribution < -0.4 is 15.2 Å². The smallest absolute Gasteiger partial charge is 0.256 e. The molecule has 3 N–H and O–H groups in total. The third-order valence-electron chi connectivity index (χ3n) is 4.90. The Morgan fingerprint density at radius 1 is 1.00 bits per heavy atom. The number of sulfonamides is 1. The summed E-state index contributed by atoms with van der Waals surface area (Å²) >= 11 is 0. The number of fused-ring (bicyclic) bond motifs is 1. The molecule has 0 spiro atoms. The van der Waals surface area contributed by atoms with Crippen molar-refractivity contribution in [2.24, 2.45) is 5.14 Å². The zero-order chi connectivity index (χ0) is 22.7. The standard InChI is InChI=1S/C24H21N3O4S/c1-31-19-11-9-17(10-12-19)23-14-21(20-7-2-3-8-22(20)27-23)24(28)26-18-6-4-5-16(13-18)15-32(25,29)30/h2-14H,15H2,1H3,(H,26,28)(H2,25,29,30). The van der Waals surface area contributed by atoms with Crippen LogP contribution in [0.1, 0.15) is 15.9 Å². The molecule has 1 amide bonds. The number of anilines is 1. The minimum Gasteiger partial charge on any atom is -0.497 e. The summed E-state index contributed by atoms with van der Waals surface area (Å²) in [4.78, 5) is 17.9. The molecular formula is C24H21N3O4S. The largest absolute Gasteiger partial charge is 0.497 e. The number of hydrogen-bond donors (Lipinski definition) is 2. The van der Waals surface area contributed by atoms with Crippen molar-refractivity contribution in [3.63, 3.8) is 0 Å². The number of benzene rings is 3. The fraction of sp³-hybridized carbons (Fsp3) is 0.0833. The molecule has 1 heterocycles. The fourth-order valence-electron chi connectivity index (χ4n) is 3.44. The number of aromatic nitrogens is 1. The van der Waals surface area contributed by atoms with Crippen LogP contribution in [0, 0.1) is 0 Å². The highest BCUT2D eigenvalue weighted by atomic mass is 32.2. The van der Waals surface area contributed by atoms with Gasteiger partial charge in [0.2, 0.25) is 10.0 Å². The molecule has 3 aromatic carbocycles. The molecule has 7 nitrogen and oxygen atoms in total. The number of nitrogens with zero attached hydrogens (tertiary/aromatic N) is 1. The Hall–Kier alpha value is -3.75. The normalized spacial score (nSPS) is 11.3. The Bertz CT molecular complexity index is 1400. The van der Waals surface area contributed by atoms with Crippen molar-refractivity contribution in [3.05, 3.63) is 90.0 Å². The predicted octanol–water partition coefficient (Wildman–Crippen LogP) is 3.95. The SMILES string of the molecule is COc1ccc(-c2cc(C(=O)Nc3cccc(CS(N)(=O)=O)c3)c3ccccc3n2)cc1. The van der Waals surface area contributed by atoms with Gasteiger partial charge in [-0.05, 0) is 54.1 Å². The number of amides is 1. The third kappa shape index (κ3) is 4.93. The van der Waals surface area contributed by atoms with Crippen LogP contribution in [0.4, 0.5) is 5.69 Å². The van der Waals surface area contributed by atoms with E-state index in [1.54, 1.807) is 37.4 Å². The number of nitrogens with one attached hydrogen (secondary N) is 1. The molecule has 162 valence electrons. The van der Waals surface area contributed by atoms with E-state index in [1.807, 2.05) is 48.5 Å². The van der Waals surface area contributed by atoms with Gasteiger partial charge in [-0.3, -0.25) is 4.79 Å². The Kier molecular flexibility index (Phi) is 5.89. The molecule has 4 aromatic rings. The van der Waals surface area contributed by atoms with E-state index in [4.69, 9.17) is 14.9 Å². The van der Waals surface area contributed by atoms with Gasteiger partial charge in [-0.2, -0.15) is 0 Å². The van der Waals surface area contributed by atoms with E-state index in [1.165, 1.54) is 0 Å². The second-order valence-corrected chi connectivity index (χ2v) is 8.88. The maximum absolute atomic E-state index is 13.2. The quantitative estimate of drug-likeness (QED) is 0.465. The highest BCUT2D eigenvalue weighted by Gasteiger charge is 2.15. The van der Waals surface area contributed by atoms with Gasteiger partial charge in [0.1, 0.15) is 5.75 Å². The second kappa shape index (κ2) is 8.78. The van der Waals surface area contributed by atoms with Crippen molar-refractivity contribution in [1.82, 2.24) is 4.98 Å². The minimum absolute atomic E-state index is 0.309. The van der Waals surface area contributed by atoms with Crippen molar-refractivity contribution in [2.45, 2.75) is 5.75 Å². The van der Waals surface area contributed by atoms with E-state index in [9.17, 15) is 13.2 Å². The molecule has 0 unspecified atom stereocenters. The van der Waals surface area contributed by atoms with Crippen molar-refractivity contribution >= 4 is 32.5 Å². The first-order valence-electron chi connectivity index (χ1n) is 9.77.